The maximum absolute atomic E-state index is 13.5. The Morgan fingerprint density at radius 1 is 1.25 bits per heavy atom. The first kappa shape index (κ1) is 14.8. The van der Waals surface area contributed by atoms with Crippen molar-refractivity contribution in [1.29, 1.82) is 0 Å². The van der Waals surface area contributed by atoms with Gasteiger partial charge in [-0.25, -0.2) is 9.18 Å². The average Bonchev–Trinajstić information content (AvgIpc) is 2.76. The molecule has 0 saturated heterocycles. The molecule has 2 N–H and O–H groups in total. The third-order valence-corrected chi connectivity index (χ3v) is 3.68. The highest BCUT2D eigenvalue weighted by Gasteiger charge is 2.37. The highest BCUT2D eigenvalue weighted by molar-refractivity contribution is 5.76. The predicted octanol–water partition coefficient (Wildman–Crippen LogP) is 3.69. The molecule has 0 aromatic heterocycles. The molecule has 110 valence electrons. The van der Waals surface area contributed by atoms with Crippen molar-refractivity contribution in [3.63, 3.8) is 0 Å². The van der Waals surface area contributed by atoms with Gasteiger partial charge >= 0.3 is 6.03 Å². The van der Waals surface area contributed by atoms with Crippen molar-refractivity contribution in [2.45, 2.75) is 57.5 Å². The lowest BCUT2D eigenvalue weighted by atomic mass is 9.88. The van der Waals surface area contributed by atoms with Crippen LogP contribution >= 0.6 is 0 Å². The van der Waals surface area contributed by atoms with Crippen LogP contribution in [0.4, 0.5) is 9.18 Å². The van der Waals surface area contributed by atoms with E-state index >= 15 is 0 Å². The standard InChI is InChI=1S/C16H23FN2O/c1-15(2,3)18-14(20)19-16(9-4-5-10-16)12-7-6-8-13(17)11-12/h6-8,11H,4-5,9-10H2,1-3H3,(H2,18,19,20). The zero-order valence-corrected chi connectivity index (χ0v) is 12.4. The number of halogens is 1. The summed E-state index contributed by atoms with van der Waals surface area (Å²) in [4.78, 5) is 12.2. The van der Waals surface area contributed by atoms with Crippen molar-refractivity contribution in [3.8, 4) is 0 Å². The number of urea groups is 1. The Bertz CT molecular complexity index is 487. The third-order valence-electron chi connectivity index (χ3n) is 3.68. The van der Waals surface area contributed by atoms with Crippen molar-refractivity contribution in [2.75, 3.05) is 0 Å². The van der Waals surface area contributed by atoms with Crippen LogP contribution in [0.3, 0.4) is 0 Å². The molecule has 0 aliphatic heterocycles. The molecule has 3 nitrogen and oxygen atoms in total. The summed E-state index contributed by atoms with van der Waals surface area (Å²) < 4.78 is 13.5. The second-order valence-electron chi connectivity index (χ2n) is 6.63. The molecule has 1 aromatic rings. The van der Waals surface area contributed by atoms with Crippen LogP contribution < -0.4 is 10.6 Å². The summed E-state index contributed by atoms with van der Waals surface area (Å²) in [6.45, 7) is 5.82. The second kappa shape index (κ2) is 5.43. The average molecular weight is 278 g/mol. The molecule has 2 rings (SSSR count). The Kier molecular flexibility index (Phi) is 4.02. The second-order valence-corrected chi connectivity index (χ2v) is 6.63. The Morgan fingerprint density at radius 3 is 2.45 bits per heavy atom. The first-order valence-corrected chi connectivity index (χ1v) is 7.17. The zero-order chi connectivity index (χ0) is 14.8. The van der Waals surface area contributed by atoms with Gasteiger partial charge in [0.15, 0.2) is 0 Å². The fourth-order valence-corrected chi connectivity index (χ4v) is 2.84. The van der Waals surface area contributed by atoms with Crippen LogP contribution in [-0.4, -0.2) is 11.6 Å². The van der Waals surface area contributed by atoms with Crippen LogP contribution in [0.25, 0.3) is 0 Å². The number of hydrogen-bond donors (Lipinski definition) is 2. The lowest BCUT2D eigenvalue weighted by Crippen LogP contribution is -2.53. The minimum absolute atomic E-state index is 0.191. The number of benzene rings is 1. The number of carbonyl (C=O) groups excluding carboxylic acids is 1. The van der Waals surface area contributed by atoms with Crippen molar-refractivity contribution >= 4 is 6.03 Å². The van der Waals surface area contributed by atoms with E-state index < -0.39 is 5.54 Å². The van der Waals surface area contributed by atoms with Gasteiger partial charge in [-0.2, -0.15) is 0 Å². The third kappa shape index (κ3) is 3.50. The predicted molar refractivity (Wildman–Crippen MR) is 78.0 cm³/mol. The smallest absolute Gasteiger partial charge is 0.315 e. The lowest BCUT2D eigenvalue weighted by Gasteiger charge is -2.33. The summed E-state index contributed by atoms with van der Waals surface area (Å²) in [6.07, 6.45) is 3.81. The topological polar surface area (TPSA) is 41.1 Å². The van der Waals surface area contributed by atoms with Gasteiger partial charge in [-0.05, 0) is 51.3 Å². The normalized spacial score (nSPS) is 17.8. The Hall–Kier alpha value is -1.58. The summed E-state index contributed by atoms with van der Waals surface area (Å²) >= 11 is 0. The van der Waals surface area contributed by atoms with Gasteiger partial charge in [-0.1, -0.05) is 25.0 Å². The molecule has 1 aliphatic rings. The van der Waals surface area contributed by atoms with E-state index in [1.165, 1.54) is 12.1 Å². The maximum Gasteiger partial charge on any atom is 0.315 e. The van der Waals surface area contributed by atoms with Crippen LogP contribution in [-0.2, 0) is 5.54 Å². The molecule has 2 amide bonds. The van der Waals surface area contributed by atoms with E-state index in [-0.39, 0.29) is 17.4 Å². The summed E-state index contributed by atoms with van der Waals surface area (Å²) in [6, 6.07) is 6.37. The lowest BCUT2D eigenvalue weighted by molar-refractivity contribution is 0.215. The number of amides is 2. The summed E-state index contributed by atoms with van der Waals surface area (Å²) in [7, 11) is 0. The van der Waals surface area contributed by atoms with E-state index in [1.807, 2.05) is 26.8 Å². The quantitative estimate of drug-likeness (QED) is 0.851. The Morgan fingerprint density at radius 2 is 1.90 bits per heavy atom. The number of nitrogens with one attached hydrogen (secondary N) is 2. The number of rotatable bonds is 2. The molecule has 20 heavy (non-hydrogen) atoms. The molecule has 1 fully saturated rings. The van der Waals surface area contributed by atoms with Crippen LogP contribution in [0.5, 0.6) is 0 Å². The highest BCUT2D eigenvalue weighted by Crippen LogP contribution is 2.38. The minimum Gasteiger partial charge on any atom is -0.334 e. The molecule has 1 aliphatic carbocycles. The van der Waals surface area contributed by atoms with E-state index in [4.69, 9.17) is 0 Å². The van der Waals surface area contributed by atoms with Crippen LogP contribution in [0.2, 0.25) is 0 Å². The molecule has 1 aromatic carbocycles. The van der Waals surface area contributed by atoms with Crippen LogP contribution in [0, 0.1) is 5.82 Å². The van der Waals surface area contributed by atoms with Gasteiger partial charge in [-0.15, -0.1) is 0 Å². The zero-order valence-electron chi connectivity index (χ0n) is 12.4. The van der Waals surface area contributed by atoms with Crippen LogP contribution in [0.15, 0.2) is 24.3 Å². The molecule has 0 spiro atoms. The molecule has 0 radical (unpaired) electrons. The van der Waals surface area contributed by atoms with E-state index in [2.05, 4.69) is 10.6 Å². The molecule has 0 bridgehead atoms. The van der Waals surface area contributed by atoms with Crippen molar-refractivity contribution in [1.82, 2.24) is 10.6 Å². The van der Waals surface area contributed by atoms with Gasteiger partial charge in [-0.3, -0.25) is 0 Å². The number of hydrogen-bond acceptors (Lipinski definition) is 1. The van der Waals surface area contributed by atoms with Gasteiger partial charge in [0.25, 0.3) is 0 Å². The Balaban J connectivity index is 2.20. The van der Waals surface area contributed by atoms with E-state index in [0.717, 1.165) is 31.2 Å². The van der Waals surface area contributed by atoms with Gasteiger partial charge in [0, 0.05) is 5.54 Å². The molecule has 4 heteroatoms. The van der Waals surface area contributed by atoms with Gasteiger partial charge in [0.2, 0.25) is 0 Å². The van der Waals surface area contributed by atoms with E-state index in [1.54, 1.807) is 6.07 Å². The SMILES string of the molecule is CC(C)(C)NC(=O)NC1(c2cccc(F)c2)CCCC1. The molecule has 0 unspecified atom stereocenters. The fourth-order valence-electron chi connectivity index (χ4n) is 2.84. The molecular weight excluding hydrogens is 255 g/mol. The highest BCUT2D eigenvalue weighted by atomic mass is 19.1. The number of carbonyl (C=O) groups is 1. The molecule has 0 atom stereocenters. The molecule has 1 saturated carbocycles. The fraction of sp³-hybridized carbons (Fsp3) is 0.562. The van der Waals surface area contributed by atoms with Crippen LogP contribution in [0.1, 0.15) is 52.0 Å². The monoisotopic (exact) mass is 278 g/mol. The first-order chi connectivity index (χ1) is 9.31. The minimum atomic E-state index is -0.433. The van der Waals surface area contributed by atoms with Crippen molar-refractivity contribution in [2.24, 2.45) is 0 Å². The van der Waals surface area contributed by atoms with Crippen molar-refractivity contribution in [3.05, 3.63) is 35.6 Å². The summed E-state index contributed by atoms with van der Waals surface area (Å²) in [5, 5.41) is 5.99. The molecule has 0 heterocycles. The Labute approximate surface area is 120 Å². The van der Waals surface area contributed by atoms with Gasteiger partial charge < -0.3 is 10.6 Å². The maximum atomic E-state index is 13.5. The van der Waals surface area contributed by atoms with E-state index in [0.29, 0.717) is 0 Å². The van der Waals surface area contributed by atoms with Gasteiger partial charge in [0.1, 0.15) is 5.82 Å². The summed E-state index contributed by atoms with van der Waals surface area (Å²) in [5.41, 5.74) is 0.141. The largest absolute Gasteiger partial charge is 0.334 e. The van der Waals surface area contributed by atoms with Crippen molar-refractivity contribution < 1.29 is 9.18 Å². The molecular formula is C16H23FN2O. The van der Waals surface area contributed by atoms with E-state index in [9.17, 15) is 9.18 Å². The van der Waals surface area contributed by atoms with Gasteiger partial charge in [0.05, 0.1) is 5.54 Å². The first-order valence-electron chi connectivity index (χ1n) is 7.17. The summed E-state index contributed by atoms with van der Waals surface area (Å²) in [5.74, 6) is -0.258.